The van der Waals surface area contributed by atoms with Gasteiger partial charge in [-0.25, -0.2) is 9.18 Å². The number of carbonyl (C=O) groups is 1. The summed E-state index contributed by atoms with van der Waals surface area (Å²) in [5.74, 6) is -1.05. The van der Waals surface area contributed by atoms with Crippen molar-refractivity contribution in [3.05, 3.63) is 93.1 Å². The van der Waals surface area contributed by atoms with Crippen LogP contribution in [0.2, 0.25) is 10.0 Å². The van der Waals surface area contributed by atoms with E-state index < -0.39 is 5.97 Å². The van der Waals surface area contributed by atoms with Gasteiger partial charge in [-0.1, -0.05) is 41.4 Å². The molecule has 0 saturated carbocycles. The van der Waals surface area contributed by atoms with Gasteiger partial charge in [-0.05, 0) is 47.5 Å². The summed E-state index contributed by atoms with van der Waals surface area (Å²) >= 11 is 12.1. The van der Waals surface area contributed by atoms with Gasteiger partial charge in [-0.15, -0.1) is 0 Å². The van der Waals surface area contributed by atoms with E-state index in [9.17, 15) is 9.18 Å². The number of hydrogen-bond acceptors (Lipinski definition) is 3. The largest absolute Gasteiger partial charge is 0.475 e. The minimum atomic E-state index is -1.12. The van der Waals surface area contributed by atoms with Gasteiger partial charge in [0.25, 0.3) is 0 Å². The highest BCUT2D eigenvalue weighted by molar-refractivity contribution is 6.42. The maximum absolute atomic E-state index is 13.5. The van der Waals surface area contributed by atoms with E-state index in [0.29, 0.717) is 35.4 Å². The molecule has 27 heavy (non-hydrogen) atoms. The molecule has 0 amide bonds. The predicted molar refractivity (Wildman–Crippen MR) is 101 cm³/mol. The second-order valence-electron chi connectivity index (χ2n) is 6.09. The molecule has 0 saturated heterocycles. The highest BCUT2D eigenvalue weighted by Crippen LogP contribution is 2.24. The smallest absolute Gasteiger partial charge is 0.371 e. The van der Waals surface area contributed by atoms with Crippen LogP contribution in [0.15, 0.2) is 59.0 Å². The summed E-state index contributed by atoms with van der Waals surface area (Å²) in [5.41, 5.74) is 1.71. The van der Waals surface area contributed by atoms with Crippen LogP contribution in [0, 0.1) is 5.82 Å². The summed E-state index contributed by atoms with van der Waals surface area (Å²) in [5, 5.41) is 9.93. The number of halogens is 3. The van der Waals surface area contributed by atoms with E-state index in [2.05, 4.69) is 0 Å². The third-order valence-corrected chi connectivity index (χ3v) is 4.68. The Balaban J connectivity index is 1.82. The fourth-order valence-corrected chi connectivity index (χ4v) is 3.08. The minimum absolute atomic E-state index is 0.120. The van der Waals surface area contributed by atoms with Crippen molar-refractivity contribution in [1.82, 2.24) is 4.90 Å². The fourth-order valence-electron chi connectivity index (χ4n) is 2.76. The van der Waals surface area contributed by atoms with Crippen LogP contribution in [0.1, 0.15) is 27.4 Å². The Hall–Kier alpha value is -2.34. The Bertz CT molecular complexity index is 958. The number of carboxylic acid groups (broad SMARTS) is 1. The highest BCUT2D eigenvalue weighted by atomic mass is 35.5. The van der Waals surface area contributed by atoms with E-state index in [-0.39, 0.29) is 11.6 Å². The molecule has 140 valence electrons. The molecule has 3 aromatic rings. The Morgan fingerprint density at radius 1 is 0.963 bits per heavy atom. The lowest BCUT2D eigenvalue weighted by atomic mass is 10.1. The van der Waals surface area contributed by atoms with Crippen molar-refractivity contribution >= 4 is 29.2 Å². The number of furan rings is 1. The van der Waals surface area contributed by atoms with E-state index in [0.717, 1.165) is 11.1 Å². The van der Waals surface area contributed by atoms with Crippen LogP contribution in [-0.2, 0) is 19.6 Å². The molecular formula is C20H16Cl2FNO3. The molecule has 1 aromatic heterocycles. The van der Waals surface area contributed by atoms with E-state index in [1.807, 2.05) is 17.0 Å². The Morgan fingerprint density at radius 3 is 2.33 bits per heavy atom. The van der Waals surface area contributed by atoms with Crippen molar-refractivity contribution in [3.63, 3.8) is 0 Å². The van der Waals surface area contributed by atoms with E-state index >= 15 is 0 Å². The van der Waals surface area contributed by atoms with Crippen LogP contribution in [0.4, 0.5) is 4.39 Å². The first-order chi connectivity index (χ1) is 12.9. The van der Waals surface area contributed by atoms with Gasteiger partial charge < -0.3 is 9.52 Å². The normalized spacial score (nSPS) is 11.1. The molecular weight excluding hydrogens is 392 g/mol. The molecule has 0 aliphatic carbocycles. The van der Waals surface area contributed by atoms with Crippen LogP contribution >= 0.6 is 23.2 Å². The maximum atomic E-state index is 13.5. The van der Waals surface area contributed by atoms with Crippen molar-refractivity contribution in [3.8, 4) is 0 Å². The Kier molecular flexibility index (Phi) is 6.16. The molecule has 7 heteroatoms. The number of benzene rings is 2. The molecule has 4 nitrogen and oxygen atoms in total. The second kappa shape index (κ2) is 8.57. The lowest BCUT2D eigenvalue weighted by molar-refractivity contribution is 0.0658. The Morgan fingerprint density at radius 2 is 1.70 bits per heavy atom. The second-order valence-corrected chi connectivity index (χ2v) is 6.91. The topological polar surface area (TPSA) is 53.7 Å². The van der Waals surface area contributed by atoms with Gasteiger partial charge in [-0.2, -0.15) is 0 Å². The zero-order valence-corrected chi connectivity index (χ0v) is 15.7. The van der Waals surface area contributed by atoms with Gasteiger partial charge >= 0.3 is 5.97 Å². The highest BCUT2D eigenvalue weighted by Gasteiger charge is 2.14. The first-order valence-corrected chi connectivity index (χ1v) is 8.89. The van der Waals surface area contributed by atoms with Crippen LogP contribution in [0.5, 0.6) is 0 Å². The van der Waals surface area contributed by atoms with Crippen molar-refractivity contribution in [2.45, 2.75) is 19.6 Å². The standard InChI is InChI=1S/C20H16Cl2FNO3/c21-17-6-4-14(9-18(17)22)11-24(10-13-2-1-3-15(23)8-13)12-16-5-7-19(27-16)20(25)26/h1-9H,10-12H2,(H,25,26). The van der Waals surface area contributed by atoms with Gasteiger partial charge in [-0.3, -0.25) is 4.90 Å². The van der Waals surface area contributed by atoms with Gasteiger partial charge in [0.1, 0.15) is 11.6 Å². The molecule has 3 rings (SSSR count). The van der Waals surface area contributed by atoms with Gasteiger partial charge in [0, 0.05) is 13.1 Å². The Labute approximate surface area is 165 Å². The fraction of sp³-hybridized carbons (Fsp3) is 0.150. The quantitative estimate of drug-likeness (QED) is 0.551. The summed E-state index contributed by atoms with van der Waals surface area (Å²) in [4.78, 5) is 13.0. The van der Waals surface area contributed by atoms with Gasteiger partial charge in [0.05, 0.1) is 16.6 Å². The molecule has 0 aliphatic rings. The van der Waals surface area contributed by atoms with E-state index in [4.69, 9.17) is 32.7 Å². The van der Waals surface area contributed by atoms with E-state index in [1.165, 1.54) is 18.2 Å². The van der Waals surface area contributed by atoms with E-state index in [1.54, 1.807) is 24.3 Å². The van der Waals surface area contributed by atoms with Gasteiger partial charge in [0.2, 0.25) is 5.76 Å². The average molecular weight is 408 g/mol. The van der Waals surface area contributed by atoms with Crippen LogP contribution in [-0.4, -0.2) is 16.0 Å². The van der Waals surface area contributed by atoms with Crippen molar-refractivity contribution < 1.29 is 18.7 Å². The molecule has 2 aromatic carbocycles. The van der Waals surface area contributed by atoms with Gasteiger partial charge in [0.15, 0.2) is 0 Å². The monoisotopic (exact) mass is 407 g/mol. The summed E-state index contributed by atoms with van der Waals surface area (Å²) in [7, 11) is 0. The summed E-state index contributed by atoms with van der Waals surface area (Å²) in [6.07, 6.45) is 0. The number of nitrogens with zero attached hydrogens (tertiary/aromatic N) is 1. The van der Waals surface area contributed by atoms with Crippen molar-refractivity contribution in [1.29, 1.82) is 0 Å². The number of rotatable bonds is 7. The molecule has 0 radical (unpaired) electrons. The minimum Gasteiger partial charge on any atom is -0.475 e. The summed E-state index contributed by atoms with van der Waals surface area (Å²) in [6, 6.07) is 14.7. The maximum Gasteiger partial charge on any atom is 0.371 e. The first-order valence-electron chi connectivity index (χ1n) is 8.13. The lowest BCUT2D eigenvalue weighted by Crippen LogP contribution is -2.22. The number of hydrogen-bond donors (Lipinski definition) is 1. The lowest BCUT2D eigenvalue weighted by Gasteiger charge is -2.22. The SMILES string of the molecule is O=C(O)c1ccc(CN(Cc2cccc(F)c2)Cc2ccc(Cl)c(Cl)c2)o1. The molecule has 0 aliphatic heterocycles. The number of carboxylic acids is 1. The molecule has 0 spiro atoms. The van der Waals surface area contributed by atoms with Crippen LogP contribution in [0.3, 0.4) is 0 Å². The molecule has 0 fully saturated rings. The van der Waals surface area contributed by atoms with Crippen molar-refractivity contribution in [2.75, 3.05) is 0 Å². The molecule has 0 atom stereocenters. The predicted octanol–water partition coefficient (Wildman–Crippen LogP) is 5.63. The summed E-state index contributed by atoms with van der Waals surface area (Å²) in [6.45, 7) is 1.29. The number of aromatic carboxylic acids is 1. The third kappa shape index (κ3) is 5.32. The third-order valence-electron chi connectivity index (χ3n) is 3.94. The van der Waals surface area contributed by atoms with Crippen molar-refractivity contribution in [2.24, 2.45) is 0 Å². The first kappa shape index (κ1) is 19.4. The average Bonchev–Trinajstić information content (AvgIpc) is 3.07. The summed E-state index contributed by atoms with van der Waals surface area (Å²) < 4.78 is 18.9. The van der Waals surface area contributed by atoms with Crippen LogP contribution in [0.25, 0.3) is 0 Å². The zero-order valence-electron chi connectivity index (χ0n) is 14.2. The van der Waals surface area contributed by atoms with Crippen LogP contribution < -0.4 is 0 Å². The molecule has 0 unspecified atom stereocenters. The zero-order chi connectivity index (χ0) is 19.4. The molecule has 1 N–H and O–H groups in total. The molecule has 0 bridgehead atoms. The molecule has 1 heterocycles.